The van der Waals surface area contributed by atoms with Crippen LogP contribution in [0.2, 0.25) is 0 Å². The van der Waals surface area contributed by atoms with Gasteiger partial charge in [-0.25, -0.2) is 0 Å². The number of nitrogens with zero attached hydrogens (tertiary/aromatic N) is 2. The average molecular weight is 366 g/mol. The quantitative estimate of drug-likeness (QED) is 0.374. The summed E-state index contributed by atoms with van der Waals surface area (Å²) in [6.45, 7) is 0.434. The number of carbonyl (C=O) groups is 1. The van der Waals surface area contributed by atoms with Crippen molar-refractivity contribution in [3.63, 3.8) is 0 Å². The average Bonchev–Trinajstić information content (AvgIpc) is 3.15. The summed E-state index contributed by atoms with van der Waals surface area (Å²) in [6.07, 6.45) is 2.74. The molecule has 0 saturated heterocycles. The lowest BCUT2D eigenvalue weighted by molar-refractivity contribution is -0.402. The van der Waals surface area contributed by atoms with Crippen molar-refractivity contribution in [2.75, 3.05) is 14.2 Å². The second-order valence-corrected chi connectivity index (χ2v) is 6.01. The Balaban J connectivity index is 1.67. The van der Waals surface area contributed by atoms with E-state index in [1.165, 1.54) is 24.3 Å². The highest BCUT2D eigenvalue weighted by Crippen LogP contribution is 2.22. The highest BCUT2D eigenvalue weighted by molar-refractivity contribution is 5.91. The molecule has 0 radical (unpaired) electrons. The Bertz CT molecular complexity index is 1020. The molecule has 1 heterocycles. The first-order valence-electron chi connectivity index (χ1n) is 8.20. The van der Waals surface area contributed by atoms with Gasteiger partial charge in [0.25, 0.3) is 0 Å². The number of likely N-dealkylation sites (N-methyl/N-ethyl adjacent to an activating group) is 1. The van der Waals surface area contributed by atoms with Gasteiger partial charge < -0.3 is 14.1 Å². The number of furan rings is 1. The Morgan fingerprint density at radius 1 is 1.19 bits per heavy atom. The number of nitro groups is 1. The van der Waals surface area contributed by atoms with Crippen LogP contribution < -0.4 is 4.74 Å². The van der Waals surface area contributed by atoms with Crippen molar-refractivity contribution in [2.45, 2.75) is 6.54 Å². The molecule has 27 heavy (non-hydrogen) atoms. The molecule has 3 aromatic rings. The minimum atomic E-state index is -0.624. The SMILES string of the molecule is COc1ccc2cc(CN(C)C(=O)/C=C/c3ccc([N+](=O)[O-])o3)ccc2c1. The summed E-state index contributed by atoms with van der Waals surface area (Å²) in [4.78, 5) is 23.8. The fraction of sp³-hybridized carbons (Fsp3) is 0.150. The molecule has 0 bridgehead atoms. The van der Waals surface area contributed by atoms with Crippen LogP contribution in [0.25, 0.3) is 16.8 Å². The van der Waals surface area contributed by atoms with Crippen molar-refractivity contribution in [1.82, 2.24) is 4.90 Å². The molecule has 1 aromatic heterocycles. The minimum Gasteiger partial charge on any atom is -0.497 e. The molecule has 0 atom stereocenters. The number of amides is 1. The molecule has 7 nitrogen and oxygen atoms in total. The topological polar surface area (TPSA) is 85.8 Å². The summed E-state index contributed by atoms with van der Waals surface area (Å²) in [5, 5.41) is 12.7. The van der Waals surface area contributed by atoms with E-state index >= 15 is 0 Å². The van der Waals surface area contributed by atoms with E-state index in [9.17, 15) is 14.9 Å². The van der Waals surface area contributed by atoms with Crippen LogP contribution in [-0.4, -0.2) is 29.9 Å². The molecule has 0 unspecified atom stereocenters. The number of methoxy groups -OCH3 is 1. The van der Waals surface area contributed by atoms with Crippen LogP contribution in [0.5, 0.6) is 5.75 Å². The molecule has 0 aliphatic heterocycles. The van der Waals surface area contributed by atoms with E-state index in [0.29, 0.717) is 6.54 Å². The van der Waals surface area contributed by atoms with Gasteiger partial charge in [0, 0.05) is 19.7 Å². The Kier molecular flexibility index (Phi) is 5.21. The standard InChI is InChI=1S/C20H18N2O5/c1-21(19(23)9-7-17-8-10-20(27-17)22(24)25)13-14-3-4-16-12-18(26-2)6-5-15(16)11-14/h3-12H,13H2,1-2H3/b9-7+. The Labute approximate surface area is 155 Å². The fourth-order valence-corrected chi connectivity index (χ4v) is 2.66. The Morgan fingerprint density at radius 3 is 2.63 bits per heavy atom. The number of fused-ring (bicyclic) bond motifs is 1. The predicted molar refractivity (Wildman–Crippen MR) is 101 cm³/mol. The van der Waals surface area contributed by atoms with Gasteiger partial charge in [0.15, 0.2) is 0 Å². The lowest BCUT2D eigenvalue weighted by atomic mass is 10.1. The maximum Gasteiger partial charge on any atom is 0.433 e. The number of hydrogen-bond donors (Lipinski definition) is 0. The van der Waals surface area contributed by atoms with Crippen LogP contribution in [0.3, 0.4) is 0 Å². The van der Waals surface area contributed by atoms with Crippen molar-refractivity contribution in [3.05, 3.63) is 76.0 Å². The van der Waals surface area contributed by atoms with Gasteiger partial charge in [0.1, 0.15) is 16.4 Å². The maximum atomic E-state index is 12.3. The normalized spacial score (nSPS) is 11.0. The number of hydrogen-bond acceptors (Lipinski definition) is 5. The molecular weight excluding hydrogens is 348 g/mol. The molecule has 0 N–H and O–H groups in total. The summed E-state index contributed by atoms with van der Waals surface area (Å²) < 4.78 is 10.2. The third-order valence-corrected chi connectivity index (χ3v) is 4.09. The smallest absolute Gasteiger partial charge is 0.433 e. The predicted octanol–water partition coefficient (Wildman–Crippen LogP) is 4.02. The zero-order valence-corrected chi connectivity index (χ0v) is 14.9. The summed E-state index contributed by atoms with van der Waals surface area (Å²) >= 11 is 0. The van der Waals surface area contributed by atoms with Gasteiger partial charge in [-0.05, 0) is 46.7 Å². The molecule has 0 fully saturated rings. The number of ether oxygens (including phenoxy) is 1. The van der Waals surface area contributed by atoms with Crippen molar-refractivity contribution in [2.24, 2.45) is 0 Å². The highest BCUT2D eigenvalue weighted by Gasteiger charge is 2.11. The van der Waals surface area contributed by atoms with E-state index in [2.05, 4.69) is 0 Å². The van der Waals surface area contributed by atoms with Gasteiger partial charge in [-0.1, -0.05) is 18.2 Å². The van der Waals surface area contributed by atoms with Crippen LogP contribution in [0, 0.1) is 10.1 Å². The molecule has 3 rings (SSSR count). The van der Waals surface area contributed by atoms with E-state index < -0.39 is 4.92 Å². The molecule has 138 valence electrons. The summed E-state index contributed by atoms with van der Waals surface area (Å²) in [6, 6.07) is 14.5. The lowest BCUT2D eigenvalue weighted by Crippen LogP contribution is -2.24. The lowest BCUT2D eigenvalue weighted by Gasteiger charge is -2.15. The van der Waals surface area contributed by atoms with Crippen LogP contribution in [0.15, 0.2) is 59.0 Å². The number of carbonyl (C=O) groups excluding carboxylic acids is 1. The Hall–Kier alpha value is -3.61. The zero-order chi connectivity index (χ0) is 19.4. The van der Waals surface area contributed by atoms with Crippen molar-refractivity contribution >= 4 is 28.6 Å². The van der Waals surface area contributed by atoms with Crippen molar-refractivity contribution < 1.29 is 18.9 Å². The van der Waals surface area contributed by atoms with E-state index in [0.717, 1.165) is 22.1 Å². The van der Waals surface area contributed by atoms with Gasteiger partial charge in [0.2, 0.25) is 5.91 Å². The third-order valence-electron chi connectivity index (χ3n) is 4.09. The van der Waals surface area contributed by atoms with Gasteiger partial charge in [-0.15, -0.1) is 0 Å². The van der Waals surface area contributed by atoms with Crippen molar-refractivity contribution in [3.8, 4) is 5.75 Å². The Morgan fingerprint density at radius 2 is 1.93 bits per heavy atom. The van der Waals surface area contributed by atoms with Crippen LogP contribution in [0.4, 0.5) is 5.88 Å². The van der Waals surface area contributed by atoms with Crippen molar-refractivity contribution in [1.29, 1.82) is 0 Å². The molecular formula is C20H18N2O5. The first kappa shape index (κ1) is 18.2. The van der Waals surface area contributed by atoms with Crippen LogP contribution in [-0.2, 0) is 11.3 Å². The van der Waals surface area contributed by atoms with E-state index in [4.69, 9.17) is 9.15 Å². The second kappa shape index (κ2) is 7.74. The molecule has 0 aliphatic rings. The summed E-state index contributed by atoms with van der Waals surface area (Å²) in [5.74, 6) is 0.459. The molecule has 0 aliphatic carbocycles. The monoisotopic (exact) mass is 366 g/mol. The van der Waals surface area contributed by atoms with Crippen LogP contribution in [0.1, 0.15) is 11.3 Å². The summed E-state index contributed by atoms with van der Waals surface area (Å²) in [5.41, 5.74) is 0.991. The molecule has 1 amide bonds. The first-order chi connectivity index (χ1) is 13.0. The highest BCUT2D eigenvalue weighted by atomic mass is 16.6. The second-order valence-electron chi connectivity index (χ2n) is 6.01. The van der Waals surface area contributed by atoms with Gasteiger partial charge in [-0.2, -0.15) is 0 Å². The zero-order valence-electron chi connectivity index (χ0n) is 14.9. The molecule has 0 spiro atoms. The number of benzene rings is 2. The minimum absolute atomic E-state index is 0.233. The maximum absolute atomic E-state index is 12.3. The van der Waals surface area contributed by atoms with Gasteiger partial charge in [-0.3, -0.25) is 14.9 Å². The first-order valence-corrected chi connectivity index (χ1v) is 8.20. The number of rotatable bonds is 6. The third kappa shape index (κ3) is 4.33. The molecule has 7 heteroatoms. The molecule has 0 saturated carbocycles. The van der Waals surface area contributed by atoms with Gasteiger partial charge >= 0.3 is 5.88 Å². The van der Waals surface area contributed by atoms with E-state index in [-0.39, 0.29) is 17.6 Å². The fourth-order valence-electron chi connectivity index (χ4n) is 2.66. The van der Waals surface area contributed by atoms with Crippen LogP contribution >= 0.6 is 0 Å². The van der Waals surface area contributed by atoms with Gasteiger partial charge in [0.05, 0.1) is 13.2 Å². The largest absolute Gasteiger partial charge is 0.497 e. The van der Waals surface area contributed by atoms with E-state index in [1.807, 2.05) is 36.4 Å². The van der Waals surface area contributed by atoms with E-state index in [1.54, 1.807) is 19.1 Å². The summed E-state index contributed by atoms with van der Waals surface area (Å²) in [7, 11) is 3.32. The molecule has 2 aromatic carbocycles.